The largest absolute Gasteiger partial charge is 0.497 e. The molecule has 0 amide bonds. The van der Waals surface area contributed by atoms with Crippen LogP contribution in [0.1, 0.15) is 49.3 Å². The number of rotatable bonds is 9. The Hall–Kier alpha value is -2.38. The summed E-state index contributed by atoms with van der Waals surface area (Å²) in [6.45, 7) is 6.67. The molecule has 0 N–H and O–H groups in total. The first-order valence-corrected chi connectivity index (χ1v) is 13.1. The van der Waals surface area contributed by atoms with E-state index in [1.165, 1.54) is 0 Å². The first-order chi connectivity index (χ1) is 15.7. The van der Waals surface area contributed by atoms with Gasteiger partial charge in [-0.15, -0.1) is 0 Å². The summed E-state index contributed by atoms with van der Waals surface area (Å²) in [5, 5.41) is 0. The van der Waals surface area contributed by atoms with E-state index in [4.69, 9.17) is 9.47 Å². The number of ether oxygens (including phenoxy) is 2. The Labute approximate surface area is 198 Å². The molecule has 1 saturated carbocycles. The van der Waals surface area contributed by atoms with Crippen LogP contribution >= 0.6 is 0 Å². The maximum absolute atomic E-state index is 13.8. The Bertz CT molecular complexity index is 1040. The van der Waals surface area contributed by atoms with Crippen LogP contribution in [0.3, 0.4) is 0 Å². The molecular weight excluding hydrogens is 438 g/mol. The third kappa shape index (κ3) is 6.36. The molecule has 2 aromatic carbocycles. The van der Waals surface area contributed by atoms with Gasteiger partial charge in [0, 0.05) is 13.1 Å². The molecule has 1 fully saturated rings. The first-order valence-electron chi connectivity index (χ1n) is 11.6. The lowest BCUT2D eigenvalue weighted by atomic mass is 9.82. The van der Waals surface area contributed by atoms with E-state index in [0.717, 1.165) is 48.1 Å². The van der Waals surface area contributed by atoms with Crippen LogP contribution in [0.4, 0.5) is 0 Å². The second-order valence-corrected chi connectivity index (χ2v) is 10.8. The number of hydrogen-bond donors (Lipinski definition) is 0. The second-order valence-electron chi connectivity index (χ2n) is 8.88. The average molecular weight is 474 g/mol. The maximum Gasteiger partial charge on any atom is 0.308 e. The van der Waals surface area contributed by atoms with Gasteiger partial charge in [-0.3, -0.25) is 4.79 Å². The first kappa shape index (κ1) is 25.2. The lowest BCUT2D eigenvalue weighted by molar-refractivity contribution is -0.149. The summed E-state index contributed by atoms with van der Waals surface area (Å²) in [6.07, 6.45) is 3.10. The fraction of sp³-hybridized carbons (Fsp3) is 0.500. The van der Waals surface area contributed by atoms with Crippen molar-refractivity contribution in [3.63, 3.8) is 0 Å². The number of benzene rings is 2. The SMILES string of the molecule is CCOC(=O)C1CCC(CN(Cc2ccc(OC)cc2)S(=O)(=O)c2cc(C)ccc2C)CC1. The number of sulfonamides is 1. The molecule has 3 rings (SSSR count). The van der Waals surface area contributed by atoms with Crippen molar-refractivity contribution in [3.05, 3.63) is 59.2 Å². The summed E-state index contributed by atoms with van der Waals surface area (Å²) >= 11 is 0. The molecule has 0 radical (unpaired) electrons. The van der Waals surface area contributed by atoms with E-state index in [-0.39, 0.29) is 24.3 Å². The lowest BCUT2D eigenvalue weighted by Crippen LogP contribution is -2.37. The molecule has 0 heterocycles. The number of carbonyl (C=O) groups is 1. The zero-order chi connectivity index (χ0) is 24.0. The minimum atomic E-state index is -3.70. The molecule has 0 saturated heterocycles. The zero-order valence-electron chi connectivity index (χ0n) is 20.0. The molecule has 1 aliphatic rings. The lowest BCUT2D eigenvalue weighted by Gasteiger charge is -2.32. The van der Waals surface area contributed by atoms with Gasteiger partial charge in [0.1, 0.15) is 5.75 Å². The Morgan fingerprint density at radius 3 is 2.30 bits per heavy atom. The topological polar surface area (TPSA) is 72.9 Å². The molecule has 2 aromatic rings. The highest BCUT2D eigenvalue weighted by Gasteiger charge is 2.32. The number of nitrogens with zero attached hydrogens (tertiary/aromatic N) is 1. The van der Waals surface area contributed by atoms with Crippen molar-refractivity contribution in [1.82, 2.24) is 4.31 Å². The fourth-order valence-electron chi connectivity index (χ4n) is 4.44. The second kappa shape index (κ2) is 11.2. The van der Waals surface area contributed by atoms with Gasteiger partial charge in [0.2, 0.25) is 10.0 Å². The van der Waals surface area contributed by atoms with Crippen molar-refractivity contribution in [2.24, 2.45) is 11.8 Å². The summed E-state index contributed by atoms with van der Waals surface area (Å²) in [4.78, 5) is 12.5. The van der Waals surface area contributed by atoms with Crippen molar-refractivity contribution < 1.29 is 22.7 Å². The Morgan fingerprint density at radius 2 is 1.70 bits per heavy atom. The molecule has 1 aliphatic carbocycles. The summed E-state index contributed by atoms with van der Waals surface area (Å²) in [5.41, 5.74) is 2.56. The number of aryl methyl sites for hydroxylation is 2. The van der Waals surface area contributed by atoms with Gasteiger partial charge in [-0.1, -0.05) is 24.3 Å². The molecule has 0 unspecified atom stereocenters. The summed E-state index contributed by atoms with van der Waals surface area (Å²) in [6, 6.07) is 13.1. The van der Waals surface area contributed by atoms with E-state index < -0.39 is 10.0 Å². The van der Waals surface area contributed by atoms with Crippen LogP contribution in [0.25, 0.3) is 0 Å². The van der Waals surface area contributed by atoms with E-state index in [1.807, 2.05) is 57.2 Å². The molecule has 33 heavy (non-hydrogen) atoms. The van der Waals surface area contributed by atoms with E-state index in [2.05, 4.69) is 0 Å². The molecule has 7 heteroatoms. The van der Waals surface area contributed by atoms with E-state index in [0.29, 0.717) is 18.0 Å². The zero-order valence-corrected chi connectivity index (χ0v) is 20.9. The smallest absolute Gasteiger partial charge is 0.308 e. The third-order valence-electron chi connectivity index (χ3n) is 6.41. The van der Waals surface area contributed by atoms with Crippen LogP contribution in [0.2, 0.25) is 0 Å². The van der Waals surface area contributed by atoms with Crippen LogP contribution in [-0.4, -0.2) is 39.0 Å². The molecule has 6 nitrogen and oxygen atoms in total. The molecule has 0 aliphatic heterocycles. The minimum absolute atomic E-state index is 0.0770. The van der Waals surface area contributed by atoms with Gasteiger partial charge in [0.25, 0.3) is 0 Å². The Balaban J connectivity index is 1.83. The molecule has 0 aromatic heterocycles. The predicted molar refractivity (Wildman–Crippen MR) is 129 cm³/mol. The van der Waals surface area contributed by atoms with Gasteiger partial charge < -0.3 is 9.47 Å². The minimum Gasteiger partial charge on any atom is -0.497 e. The van der Waals surface area contributed by atoms with Crippen molar-refractivity contribution in [1.29, 1.82) is 0 Å². The summed E-state index contributed by atoms with van der Waals surface area (Å²) in [5.74, 6) is 0.731. The number of hydrogen-bond acceptors (Lipinski definition) is 5. The van der Waals surface area contributed by atoms with Crippen LogP contribution < -0.4 is 4.74 Å². The van der Waals surface area contributed by atoms with Gasteiger partial charge in [-0.05, 0) is 87.3 Å². The maximum atomic E-state index is 13.8. The van der Waals surface area contributed by atoms with E-state index >= 15 is 0 Å². The quantitative estimate of drug-likeness (QED) is 0.486. The van der Waals surface area contributed by atoms with Crippen molar-refractivity contribution in [2.75, 3.05) is 20.3 Å². The van der Waals surface area contributed by atoms with Gasteiger partial charge in [-0.2, -0.15) is 4.31 Å². The third-order valence-corrected chi connectivity index (χ3v) is 8.36. The van der Waals surface area contributed by atoms with Crippen molar-refractivity contribution >= 4 is 16.0 Å². The van der Waals surface area contributed by atoms with E-state index in [1.54, 1.807) is 17.5 Å². The average Bonchev–Trinajstić information content (AvgIpc) is 2.81. The Morgan fingerprint density at radius 1 is 1.03 bits per heavy atom. The fourth-order valence-corrected chi connectivity index (χ4v) is 6.25. The molecule has 0 bridgehead atoms. The summed E-state index contributed by atoms with van der Waals surface area (Å²) in [7, 11) is -2.09. The molecule has 0 spiro atoms. The molecule has 180 valence electrons. The highest BCUT2D eigenvalue weighted by molar-refractivity contribution is 7.89. The van der Waals surface area contributed by atoms with Gasteiger partial charge in [0.05, 0.1) is 24.5 Å². The Kier molecular flexibility index (Phi) is 8.54. The van der Waals surface area contributed by atoms with Crippen LogP contribution in [0.15, 0.2) is 47.4 Å². The molecular formula is C26H35NO5S. The van der Waals surface area contributed by atoms with E-state index in [9.17, 15) is 13.2 Å². The molecule has 0 atom stereocenters. The highest BCUT2D eigenvalue weighted by atomic mass is 32.2. The van der Waals surface area contributed by atoms with Crippen LogP contribution in [-0.2, 0) is 26.1 Å². The van der Waals surface area contributed by atoms with Gasteiger partial charge >= 0.3 is 5.97 Å². The predicted octanol–water partition coefficient (Wildman–Crippen LogP) is 4.87. The van der Waals surface area contributed by atoms with Crippen molar-refractivity contribution in [2.45, 2.75) is 57.9 Å². The number of methoxy groups -OCH3 is 1. The van der Waals surface area contributed by atoms with Gasteiger partial charge in [-0.25, -0.2) is 8.42 Å². The summed E-state index contributed by atoms with van der Waals surface area (Å²) < 4.78 is 39.6. The van der Waals surface area contributed by atoms with Crippen molar-refractivity contribution in [3.8, 4) is 5.75 Å². The van der Waals surface area contributed by atoms with Crippen LogP contribution in [0.5, 0.6) is 5.75 Å². The number of esters is 1. The highest BCUT2D eigenvalue weighted by Crippen LogP contribution is 2.32. The van der Waals surface area contributed by atoms with Gasteiger partial charge in [0.15, 0.2) is 0 Å². The number of carbonyl (C=O) groups excluding carboxylic acids is 1. The monoisotopic (exact) mass is 473 g/mol. The normalized spacial score (nSPS) is 18.8. The standard InChI is InChI=1S/C26H35NO5S/c1-5-32-26(28)23-12-8-21(9-13-23)17-27(18-22-10-14-24(31-4)15-11-22)33(29,30)25-16-19(2)6-7-20(25)3/h6-7,10-11,14-16,21,23H,5,8-9,12-13,17-18H2,1-4H3. The van der Waals surface area contributed by atoms with Crippen LogP contribution in [0, 0.1) is 25.7 Å².